The average molecular weight is 430 g/mol. The second kappa shape index (κ2) is 8.61. The number of benzene rings is 2. The van der Waals surface area contributed by atoms with Gasteiger partial charge in [0.05, 0.1) is 34.0 Å². The third-order valence-electron chi connectivity index (χ3n) is 4.56. The molecule has 0 spiro atoms. The quantitative estimate of drug-likeness (QED) is 0.528. The normalized spacial score (nSPS) is 16.0. The van der Waals surface area contributed by atoms with Gasteiger partial charge in [-0.2, -0.15) is 13.2 Å². The molecule has 0 fully saturated rings. The second-order valence-corrected chi connectivity index (χ2v) is 7.66. The zero-order valence-corrected chi connectivity index (χ0v) is 16.7. The highest BCUT2D eigenvalue weighted by Gasteiger charge is 2.36. The number of halogens is 4. The number of aliphatic hydroxyl groups excluding tert-OH is 1. The molecule has 0 aromatic heterocycles. The van der Waals surface area contributed by atoms with E-state index in [1.165, 1.54) is 13.0 Å². The van der Waals surface area contributed by atoms with Crippen molar-refractivity contribution in [2.45, 2.75) is 44.1 Å². The van der Waals surface area contributed by atoms with E-state index in [2.05, 4.69) is 5.32 Å². The lowest BCUT2D eigenvalue weighted by Gasteiger charge is -2.28. The number of rotatable bonds is 6. The topological polar surface area (TPSA) is 101 Å². The Hall–Kier alpha value is -2.29. The van der Waals surface area contributed by atoms with Crippen LogP contribution in [0.2, 0.25) is 5.02 Å². The van der Waals surface area contributed by atoms with Crippen molar-refractivity contribution < 1.29 is 23.1 Å². The smallest absolute Gasteiger partial charge is 0.397 e. The lowest BCUT2D eigenvalue weighted by Crippen LogP contribution is -2.56. The molecule has 0 aliphatic carbocycles. The third-order valence-corrected chi connectivity index (χ3v) is 4.87. The van der Waals surface area contributed by atoms with Crippen LogP contribution >= 0.6 is 11.6 Å². The lowest BCUT2D eigenvalue weighted by atomic mass is 9.91. The fourth-order valence-corrected chi connectivity index (χ4v) is 3.15. The van der Waals surface area contributed by atoms with E-state index in [1.54, 1.807) is 37.3 Å². The molecule has 0 radical (unpaired) electrons. The van der Waals surface area contributed by atoms with Gasteiger partial charge in [0.25, 0.3) is 0 Å². The van der Waals surface area contributed by atoms with Crippen molar-refractivity contribution in [1.29, 1.82) is 0 Å². The number of amides is 1. The Labute approximate surface area is 171 Å². The number of nitrogens with one attached hydrogen (secondary N) is 1. The van der Waals surface area contributed by atoms with Crippen molar-refractivity contribution in [2.75, 3.05) is 5.73 Å². The summed E-state index contributed by atoms with van der Waals surface area (Å²) in [6.07, 6.45) is -5.87. The van der Waals surface area contributed by atoms with Crippen LogP contribution in [0.1, 0.15) is 36.6 Å². The van der Waals surface area contributed by atoms with Gasteiger partial charge in [-0.1, -0.05) is 41.9 Å². The molecule has 2 aromatic rings. The molecule has 0 saturated carbocycles. The predicted molar refractivity (Wildman–Crippen MR) is 106 cm³/mol. The molecule has 0 aliphatic heterocycles. The van der Waals surface area contributed by atoms with Crippen LogP contribution < -0.4 is 16.8 Å². The van der Waals surface area contributed by atoms with Crippen LogP contribution in [0.15, 0.2) is 42.5 Å². The molecule has 2 rings (SSSR count). The number of nitrogen functional groups attached to an aromatic ring is 1. The molecule has 9 heteroatoms. The molecule has 5 nitrogen and oxygen atoms in total. The summed E-state index contributed by atoms with van der Waals surface area (Å²) in [4.78, 5) is 12.6. The van der Waals surface area contributed by atoms with Crippen LogP contribution in [0.5, 0.6) is 0 Å². The second-order valence-electron chi connectivity index (χ2n) is 7.25. The summed E-state index contributed by atoms with van der Waals surface area (Å²) in [5, 5.41) is 12.7. The van der Waals surface area contributed by atoms with Crippen LogP contribution in [-0.4, -0.2) is 22.6 Å². The summed E-state index contributed by atoms with van der Waals surface area (Å²) in [5.41, 5.74) is 9.03. The molecule has 0 aliphatic rings. The summed E-state index contributed by atoms with van der Waals surface area (Å²) in [7, 11) is 0. The summed E-state index contributed by atoms with van der Waals surface area (Å²) < 4.78 is 39.4. The van der Waals surface area contributed by atoms with E-state index in [1.807, 2.05) is 0 Å². The van der Waals surface area contributed by atoms with Crippen LogP contribution in [0.4, 0.5) is 18.9 Å². The predicted octanol–water partition coefficient (Wildman–Crippen LogP) is 3.44. The first-order valence-electron chi connectivity index (χ1n) is 8.81. The van der Waals surface area contributed by atoms with Crippen LogP contribution in [-0.2, 0) is 17.4 Å². The van der Waals surface area contributed by atoms with Crippen LogP contribution in [0.3, 0.4) is 0 Å². The molecule has 0 saturated heterocycles. The third kappa shape index (κ3) is 5.62. The number of anilines is 1. The fraction of sp³-hybridized carbons (Fsp3) is 0.350. The van der Waals surface area contributed by atoms with Gasteiger partial charge in [-0.25, -0.2) is 0 Å². The molecular formula is C20H23ClF3N3O2. The van der Waals surface area contributed by atoms with Gasteiger partial charge in [-0.05, 0) is 43.5 Å². The van der Waals surface area contributed by atoms with E-state index in [9.17, 15) is 23.1 Å². The standard InChI is InChI=1S/C20H23ClF3N3O2/c1-11(17(28)13-6-4-3-5-7-13)27-18(29)19(2,26)10-12-8-14(20(22,23)24)16(25)15(21)9-12/h3-9,11,17,28H,10,25-26H2,1-2H3,(H,27,29)/t11-,17+,19+/m0/s1. The maximum atomic E-state index is 13.1. The summed E-state index contributed by atoms with van der Waals surface area (Å²) >= 11 is 5.83. The Bertz CT molecular complexity index is 873. The van der Waals surface area contributed by atoms with Gasteiger partial charge < -0.3 is 21.9 Å². The monoisotopic (exact) mass is 429 g/mol. The largest absolute Gasteiger partial charge is 0.418 e. The molecule has 0 heterocycles. The van der Waals surface area contributed by atoms with Gasteiger partial charge >= 0.3 is 6.18 Å². The Morgan fingerprint density at radius 1 is 1.24 bits per heavy atom. The average Bonchev–Trinajstić information content (AvgIpc) is 2.63. The van der Waals surface area contributed by atoms with Crippen molar-refractivity contribution in [3.05, 3.63) is 64.2 Å². The molecule has 158 valence electrons. The van der Waals surface area contributed by atoms with Gasteiger partial charge in [-0.3, -0.25) is 4.79 Å². The van der Waals surface area contributed by atoms with Crippen molar-refractivity contribution in [2.24, 2.45) is 5.73 Å². The summed E-state index contributed by atoms with van der Waals surface area (Å²) in [6, 6.07) is 10.1. The summed E-state index contributed by atoms with van der Waals surface area (Å²) in [6.45, 7) is 3.00. The van der Waals surface area contributed by atoms with E-state index in [4.69, 9.17) is 23.1 Å². The van der Waals surface area contributed by atoms with Crippen LogP contribution in [0.25, 0.3) is 0 Å². The van der Waals surface area contributed by atoms with E-state index in [-0.39, 0.29) is 17.0 Å². The number of carbonyl (C=O) groups is 1. The number of alkyl halides is 3. The van der Waals surface area contributed by atoms with Crippen molar-refractivity contribution in [3.8, 4) is 0 Å². The minimum Gasteiger partial charge on any atom is -0.397 e. The number of hydrogen-bond acceptors (Lipinski definition) is 4. The van der Waals surface area contributed by atoms with E-state index in [0.717, 1.165) is 6.07 Å². The van der Waals surface area contributed by atoms with Crippen LogP contribution in [0, 0.1) is 0 Å². The van der Waals surface area contributed by atoms with Gasteiger partial charge in [0.2, 0.25) is 5.91 Å². The van der Waals surface area contributed by atoms with E-state index >= 15 is 0 Å². The first kappa shape index (κ1) is 23.0. The first-order valence-corrected chi connectivity index (χ1v) is 9.18. The van der Waals surface area contributed by atoms with Gasteiger partial charge in [0.1, 0.15) is 0 Å². The Kier molecular flexibility index (Phi) is 6.82. The maximum Gasteiger partial charge on any atom is 0.418 e. The maximum absolute atomic E-state index is 13.1. The number of nitrogens with two attached hydrogens (primary N) is 2. The molecule has 3 atom stereocenters. The SMILES string of the molecule is C[C@H](NC(=O)[C@](C)(N)Cc1cc(Cl)c(N)c(C(F)(F)F)c1)[C@@H](O)c1ccccc1. The van der Waals surface area contributed by atoms with Crippen molar-refractivity contribution in [3.63, 3.8) is 0 Å². The Morgan fingerprint density at radius 2 is 1.83 bits per heavy atom. The Balaban J connectivity index is 2.16. The number of carbonyl (C=O) groups excluding carboxylic acids is 1. The molecular weight excluding hydrogens is 407 g/mol. The molecule has 1 amide bonds. The molecule has 6 N–H and O–H groups in total. The number of hydrogen-bond donors (Lipinski definition) is 4. The first-order chi connectivity index (χ1) is 13.3. The zero-order chi connectivity index (χ0) is 22.0. The number of aliphatic hydroxyl groups is 1. The van der Waals surface area contributed by atoms with E-state index < -0.39 is 41.0 Å². The van der Waals surface area contributed by atoms with Crippen molar-refractivity contribution in [1.82, 2.24) is 5.32 Å². The Morgan fingerprint density at radius 3 is 2.38 bits per heavy atom. The highest BCUT2D eigenvalue weighted by atomic mass is 35.5. The van der Waals surface area contributed by atoms with Crippen molar-refractivity contribution >= 4 is 23.2 Å². The van der Waals surface area contributed by atoms with Gasteiger partial charge in [-0.15, -0.1) is 0 Å². The van der Waals surface area contributed by atoms with Gasteiger partial charge in [0.15, 0.2) is 0 Å². The highest BCUT2D eigenvalue weighted by molar-refractivity contribution is 6.33. The minimum absolute atomic E-state index is 0.118. The highest BCUT2D eigenvalue weighted by Crippen LogP contribution is 2.38. The zero-order valence-electron chi connectivity index (χ0n) is 15.9. The van der Waals surface area contributed by atoms with Gasteiger partial charge in [0, 0.05) is 0 Å². The molecule has 0 bridgehead atoms. The molecule has 0 unspecified atom stereocenters. The molecule has 2 aromatic carbocycles. The van der Waals surface area contributed by atoms with E-state index in [0.29, 0.717) is 5.56 Å². The lowest BCUT2D eigenvalue weighted by molar-refractivity contribution is -0.137. The molecule has 29 heavy (non-hydrogen) atoms. The minimum atomic E-state index is -4.69. The fourth-order valence-electron chi connectivity index (χ4n) is 2.90. The summed E-state index contributed by atoms with van der Waals surface area (Å²) in [5.74, 6) is -0.624.